The average Bonchev–Trinajstić information content (AvgIpc) is 3.33. The highest BCUT2D eigenvalue weighted by Crippen LogP contribution is 2.46. The van der Waals surface area contributed by atoms with Crippen molar-refractivity contribution in [3.8, 4) is 10.8 Å². The Bertz CT molecular complexity index is 965. The van der Waals surface area contributed by atoms with E-state index in [9.17, 15) is 4.79 Å². The molecule has 0 saturated carbocycles. The molecule has 0 N–H and O–H groups in total. The van der Waals surface area contributed by atoms with Gasteiger partial charge in [0.25, 0.3) is 0 Å². The first-order valence-electron chi connectivity index (χ1n) is 8.19. The van der Waals surface area contributed by atoms with Crippen LogP contribution in [0.3, 0.4) is 0 Å². The number of allylic oxidation sites excluding steroid dienone is 1. The van der Waals surface area contributed by atoms with Gasteiger partial charge in [0, 0.05) is 28.1 Å². The van der Waals surface area contributed by atoms with Gasteiger partial charge in [0.05, 0.1) is 6.26 Å². The van der Waals surface area contributed by atoms with Crippen molar-refractivity contribution in [2.45, 2.75) is 25.2 Å². The van der Waals surface area contributed by atoms with Crippen LogP contribution >= 0.6 is 11.3 Å². The predicted octanol–water partition coefficient (Wildman–Crippen LogP) is 5.10. The van der Waals surface area contributed by atoms with Crippen LogP contribution in [0.4, 0.5) is 0 Å². The summed E-state index contributed by atoms with van der Waals surface area (Å²) in [5, 5.41) is 0.846. The Morgan fingerprint density at radius 1 is 1.25 bits per heavy atom. The maximum atomic E-state index is 12.9. The number of ketones is 1. The fourth-order valence-electron chi connectivity index (χ4n) is 3.89. The number of carbonyl (C=O) groups is 1. The Morgan fingerprint density at radius 3 is 3.08 bits per heavy atom. The van der Waals surface area contributed by atoms with Crippen molar-refractivity contribution < 1.29 is 9.21 Å². The first kappa shape index (κ1) is 13.9. The molecule has 1 aromatic carbocycles. The summed E-state index contributed by atoms with van der Waals surface area (Å²) in [6.07, 6.45) is 8.80. The van der Waals surface area contributed by atoms with E-state index in [2.05, 4.69) is 11.1 Å². The van der Waals surface area contributed by atoms with Gasteiger partial charge in [-0.2, -0.15) is 0 Å². The number of aryl methyl sites for hydroxylation is 1. The summed E-state index contributed by atoms with van der Waals surface area (Å²) in [6.45, 7) is 0. The number of Topliss-reactive ketones (excluding diaryl/α,β-unsaturated/α-hetero) is 1. The number of hydrogen-bond donors (Lipinski definition) is 0. The standard InChI is InChI=1S/C20H15NO2S/c22-19-15-7-2-5-12-4-1-6-14(18(12)15)16(19)10-13-11-21-20(24-13)17-8-3-9-23-17/h2-3,5,7-11,14H,1,4,6H2. The third-order valence-electron chi connectivity index (χ3n) is 4.92. The van der Waals surface area contributed by atoms with Crippen molar-refractivity contribution >= 4 is 23.2 Å². The fraction of sp³-hybridized carbons (Fsp3) is 0.200. The number of aromatic nitrogens is 1. The monoisotopic (exact) mass is 333 g/mol. The molecule has 3 nitrogen and oxygen atoms in total. The maximum Gasteiger partial charge on any atom is 0.189 e. The second-order valence-corrected chi connectivity index (χ2v) is 7.36. The molecule has 4 heteroatoms. The van der Waals surface area contributed by atoms with E-state index in [0.29, 0.717) is 0 Å². The van der Waals surface area contributed by atoms with E-state index < -0.39 is 0 Å². The van der Waals surface area contributed by atoms with Crippen LogP contribution in [0.1, 0.15) is 45.1 Å². The molecule has 0 bridgehead atoms. The smallest absolute Gasteiger partial charge is 0.189 e. The van der Waals surface area contributed by atoms with Gasteiger partial charge in [-0.3, -0.25) is 4.79 Å². The van der Waals surface area contributed by atoms with E-state index in [1.165, 1.54) is 11.1 Å². The van der Waals surface area contributed by atoms with E-state index >= 15 is 0 Å². The molecule has 118 valence electrons. The van der Waals surface area contributed by atoms with Crippen LogP contribution in [-0.2, 0) is 6.42 Å². The lowest BCUT2D eigenvalue weighted by molar-refractivity contribution is 0.103. The van der Waals surface area contributed by atoms with Crippen LogP contribution in [0.5, 0.6) is 0 Å². The molecule has 2 aliphatic rings. The first-order valence-corrected chi connectivity index (χ1v) is 9.01. The normalized spacial score (nSPS) is 20.6. The van der Waals surface area contributed by atoms with E-state index in [4.69, 9.17) is 4.42 Å². The molecule has 0 saturated heterocycles. The summed E-state index contributed by atoms with van der Waals surface area (Å²) in [7, 11) is 0. The van der Waals surface area contributed by atoms with Gasteiger partial charge in [0.2, 0.25) is 0 Å². The van der Waals surface area contributed by atoms with E-state index in [1.54, 1.807) is 17.6 Å². The highest BCUT2D eigenvalue weighted by molar-refractivity contribution is 7.15. The van der Waals surface area contributed by atoms with Crippen molar-refractivity contribution in [3.05, 3.63) is 69.9 Å². The number of benzene rings is 1. The molecule has 1 unspecified atom stereocenters. The minimum Gasteiger partial charge on any atom is -0.462 e. The Kier molecular flexibility index (Phi) is 3.06. The van der Waals surface area contributed by atoms with Crippen molar-refractivity contribution in [1.29, 1.82) is 0 Å². The van der Waals surface area contributed by atoms with Crippen LogP contribution in [-0.4, -0.2) is 10.8 Å². The van der Waals surface area contributed by atoms with Gasteiger partial charge in [-0.1, -0.05) is 18.2 Å². The molecule has 5 rings (SSSR count). The lowest BCUT2D eigenvalue weighted by Crippen LogP contribution is -2.07. The van der Waals surface area contributed by atoms with Gasteiger partial charge in [0.15, 0.2) is 16.6 Å². The SMILES string of the molecule is O=C1C(=Cc2cnc(-c3ccco3)s2)C2CCCc3cccc1c32. The molecule has 0 aliphatic heterocycles. The zero-order chi connectivity index (χ0) is 16.1. The number of carbonyl (C=O) groups excluding carboxylic acids is 1. The van der Waals surface area contributed by atoms with Gasteiger partial charge >= 0.3 is 0 Å². The summed E-state index contributed by atoms with van der Waals surface area (Å²) in [6, 6.07) is 9.92. The Balaban J connectivity index is 1.57. The molecule has 3 aromatic rings. The minimum atomic E-state index is 0.187. The van der Waals surface area contributed by atoms with Crippen LogP contribution in [0.25, 0.3) is 16.8 Å². The topological polar surface area (TPSA) is 43.1 Å². The zero-order valence-electron chi connectivity index (χ0n) is 13.0. The molecule has 0 radical (unpaired) electrons. The molecule has 0 fully saturated rings. The quantitative estimate of drug-likeness (QED) is 0.613. The van der Waals surface area contributed by atoms with Crippen LogP contribution in [0.2, 0.25) is 0 Å². The van der Waals surface area contributed by atoms with Gasteiger partial charge in [-0.15, -0.1) is 11.3 Å². The summed E-state index contributed by atoms with van der Waals surface area (Å²) in [4.78, 5) is 18.3. The number of hydrogen-bond acceptors (Lipinski definition) is 4. The fourth-order valence-corrected chi connectivity index (χ4v) is 4.73. The van der Waals surface area contributed by atoms with E-state index in [1.807, 2.05) is 36.5 Å². The molecule has 2 aromatic heterocycles. The second kappa shape index (κ2) is 5.28. The van der Waals surface area contributed by atoms with Gasteiger partial charge in [0.1, 0.15) is 0 Å². The third kappa shape index (κ3) is 2.03. The molecule has 24 heavy (non-hydrogen) atoms. The lowest BCUT2D eigenvalue weighted by atomic mass is 9.82. The number of rotatable bonds is 2. The highest BCUT2D eigenvalue weighted by atomic mass is 32.1. The molecule has 0 amide bonds. The molecule has 2 aliphatic carbocycles. The van der Waals surface area contributed by atoms with E-state index in [0.717, 1.165) is 46.0 Å². The average molecular weight is 333 g/mol. The Hall–Kier alpha value is -2.46. The van der Waals surface area contributed by atoms with Gasteiger partial charge in [-0.05, 0) is 48.6 Å². The van der Waals surface area contributed by atoms with Crippen LogP contribution in [0.15, 0.2) is 52.8 Å². The molecule has 1 atom stereocenters. The Morgan fingerprint density at radius 2 is 2.21 bits per heavy atom. The van der Waals surface area contributed by atoms with Crippen LogP contribution in [0, 0.1) is 0 Å². The molecule has 0 spiro atoms. The minimum absolute atomic E-state index is 0.187. The number of thiazole rings is 1. The number of nitrogens with zero attached hydrogens (tertiary/aromatic N) is 1. The molecular formula is C20H15NO2S. The molecular weight excluding hydrogens is 318 g/mol. The summed E-state index contributed by atoms with van der Waals surface area (Å²) < 4.78 is 5.40. The van der Waals surface area contributed by atoms with Gasteiger partial charge in [-0.25, -0.2) is 4.98 Å². The largest absolute Gasteiger partial charge is 0.462 e. The third-order valence-corrected chi connectivity index (χ3v) is 5.88. The Labute approximate surface area is 143 Å². The number of furan rings is 1. The van der Waals surface area contributed by atoms with Crippen molar-refractivity contribution in [3.63, 3.8) is 0 Å². The molecule has 2 heterocycles. The summed E-state index contributed by atoms with van der Waals surface area (Å²) in [5.74, 6) is 1.21. The lowest BCUT2D eigenvalue weighted by Gasteiger charge is -2.21. The predicted molar refractivity (Wildman–Crippen MR) is 94.2 cm³/mol. The van der Waals surface area contributed by atoms with Crippen molar-refractivity contribution in [1.82, 2.24) is 4.98 Å². The van der Waals surface area contributed by atoms with Gasteiger partial charge < -0.3 is 4.42 Å². The van der Waals surface area contributed by atoms with Crippen molar-refractivity contribution in [2.24, 2.45) is 0 Å². The van der Waals surface area contributed by atoms with Crippen LogP contribution < -0.4 is 0 Å². The first-order chi connectivity index (χ1) is 11.8. The summed E-state index contributed by atoms with van der Waals surface area (Å²) in [5.41, 5.74) is 4.45. The maximum absolute atomic E-state index is 12.9. The highest BCUT2D eigenvalue weighted by Gasteiger charge is 2.37. The second-order valence-electron chi connectivity index (χ2n) is 6.30. The zero-order valence-corrected chi connectivity index (χ0v) is 13.8. The summed E-state index contributed by atoms with van der Waals surface area (Å²) >= 11 is 1.56. The van der Waals surface area contributed by atoms with Crippen molar-refractivity contribution in [2.75, 3.05) is 0 Å². The van der Waals surface area contributed by atoms with E-state index in [-0.39, 0.29) is 11.7 Å².